The van der Waals surface area contributed by atoms with Gasteiger partial charge in [0.05, 0.1) is 18.8 Å². The van der Waals surface area contributed by atoms with E-state index in [4.69, 9.17) is 4.74 Å². The van der Waals surface area contributed by atoms with Crippen LogP contribution in [0.3, 0.4) is 0 Å². The van der Waals surface area contributed by atoms with E-state index in [0.717, 1.165) is 23.1 Å². The summed E-state index contributed by atoms with van der Waals surface area (Å²) in [7, 11) is 0. The first-order chi connectivity index (χ1) is 10.2. The highest BCUT2D eigenvalue weighted by Gasteiger charge is 2.23. The number of hydrogen-bond acceptors (Lipinski definition) is 2. The fourth-order valence-corrected chi connectivity index (χ4v) is 3.39. The molecule has 1 aliphatic rings. The molecule has 1 heterocycles. The average molecular weight is 347 g/mol. The largest absolute Gasteiger partial charge is 0.393 e. The number of fused-ring (bicyclic) bond motifs is 1. The molecule has 0 aliphatic carbocycles. The molecule has 0 spiro atoms. The van der Waals surface area contributed by atoms with Gasteiger partial charge in [-0.05, 0) is 41.7 Å². The van der Waals surface area contributed by atoms with Crippen molar-refractivity contribution < 1.29 is 9.84 Å². The zero-order valence-corrected chi connectivity index (χ0v) is 13.4. The van der Waals surface area contributed by atoms with Crippen molar-refractivity contribution in [2.45, 2.75) is 31.5 Å². The maximum absolute atomic E-state index is 10.4. The average Bonchev–Trinajstić information content (AvgIpc) is 2.47. The highest BCUT2D eigenvalue weighted by molar-refractivity contribution is 9.10. The van der Waals surface area contributed by atoms with Gasteiger partial charge in [0.2, 0.25) is 0 Å². The first-order valence-corrected chi connectivity index (χ1v) is 8.13. The number of benzene rings is 2. The second-order valence-electron chi connectivity index (χ2n) is 5.53. The predicted octanol–water partition coefficient (Wildman–Crippen LogP) is 4.06. The number of ether oxygens (including phenoxy) is 1. The molecule has 2 nitrogen and oxygen atoms in total. The van der Waals surface area contributed by atoms with E-state index >= 15 is 0 Å². The summed E-state index contributed by atoms with van der Waals surface area (Å²) >= 11 is 3.47. The minimum absolute atomic E-state index is 0.0112. The van der Waals surface area contributed by atoms with E-state index in [9.17, 15) is 5.11 Å². The number of aliphatic hydroxyl groups excluding tert-OH is 1. The SMILES string of the molecule is OC(Cc1cccc(Br)c1)CC1OCCc2ccccc21. The van der Waals surface area contributed by atoms with E-state index in [0.29, 0.717) is 12.8 Å². The molecule has 3 rings (SSSR count). The maximum Gasteiger partial charge on any atom is 0.0852 e. The monoisotopic (exact) mass is 346 g/mol. The van der Waals surface area contributed by atoms with Crippen LogP contribution in [0.2, 0.25) is 0 Å². The van der Waals surface area contributed by atoms with Crippen LogP contribution in [0, 0.1) is 0 Å². The normalized spacial score (nSPS) is 19.0. The molecule has 0 bridgehead atoms. The van der Waals surface area contributed by atoms with Gasteiger partial charge in [0.1, 0.15) is 0 Å². The minimum atomic E-state index is -0.393. The predicted molar refractivity (Wildman–Crippen MR) is 87.3 cm³/mol. The molecule has 0 saturated carbocycles. The fourth-order valence-electron chi connectivity index (χ4n) is 2.94. The lowest BCUT2D eigenvalue weighted by Crippen LogP contribution is -2.22. The summed E-state index contributed by atoms with van der Waals surface area (Å²) in [6.07, 6.45) is 1.88. The summed E-state index contributed by atoms with van der Waals surface area (Å²) < 4.78 is 6.91. The Balaban J connectivity index is 1.67. The van der Waals surface area contributed by atoms with Gasteiger partial charge in [0.15, 0.2) is 0 Å². The second-order valence-corrected chi connectivity index (χ2v) is 6.45. The van der Waals surface area contributed by atoms with Crippen molar-refractivity contribution in [3.05, 3.63) is 69.7 Å². The third-order valence-corrected chi connectivity index (χ3v) is 4.43. The summed E-state index contributed by atoms with van der Waals surface area (Å²) in [5.41, 5.74) is 3.72. The number of aliphatic hydroxyl groups is 1. The van der Waals surface area contributed by atoms with Gasteiger partial charge in [-0.15, -0.1) is 0 Å². The summed E-state index contributed by atoms with van der Waals surface area (Å²) in [5, 5.41) is 10.4. The molecule has 0 radical (unpaired) electrons. The highest BCUT2D eigenvalue weighted by atomic mass is 79.9. The third-order valence-electron chi connectivity index (χ3n) is 3.94. The Kier molecular flexibility index (Phi) is 4.73. The molecular formula is C18H19BrO2. The Morgan fingerprint density at radius 2 is 2.05 bits per heavy atom. The molecule has 0 fully saturated rings. The van der Waals surface area contributed by atoms with Gasteiger partial charge >= 0.3 is 0 Å². The number of rotatable bonds is 4. The van der Waals surface area contributed by atoms with E-state index in [1.807, 2.05) is 24.3 Å². The smallest absolute Gasteiger partial charge is 0.0852 e. The van der Waals surface area contributed by atoms with Gasteiger partial charge in [0, 0.05) is 10.9 Å². The zero-order valence-electron chi connectivity index (χ0n) is 11.8. The zero-order chi connectivity index (χ0) is 14.7. The molecule has 0 amide bonds. The van der Waals surface area contributed by atoms with E-state index in [2.05, 4.69) is 40.2 Å². The van der Waals surface area contributed by atoms with E-state index < -0.39 is 6.10 Å². The van der Waals surface area contributed by atoms with Crippen LogP contribution in [0.4, 0.5) is 0 Å². The lowest BCUT2D eigenvalue weighted by Gasteiger charge is -2.27. The van der Waals surface area contributed by atoms with E-state index in [1.54, 1.807) is 0 Å². The molecule has 0 aromatic heterocycles. The molecule has 110 valence electrons. The summed E-state index contributed by atoms with van der Waals surface area (Å²) in [6.45, 7) is 0.741. The number of halogens is 1. The Morgan fingerprint density at radius 3 is 2.90 bits per heavy atom. The van der Waals surface area contributed by atoms with Gasteiger partial charge < -0.3 is 9.84 Å². The van der Waals surface area contributed by atoms with Gasteiger partial charge in [-0.2, -0.15) is 0 Å². The summed E-state index contributed by atoms with van der Waals surface area (Å²) in [4.78, 5) is 0. The molecule has 0 saturated heterocycles. The molecule has 2 aromatic rings. The summed E-state index contributed by atoms with van der Waals surface area (Å²) in [5.74, 6) is 0. The van der Waals surface area contributed by atoms with Crippen LogP contribution in [-0.2, 0) is 17.6 Å². The standard InChI is InChI=1S/C18H19BrO2/c19-15-6-3-4-13(10-15)11-16(20)12-18-17-7-2-1-5-14(17)8-9-21-18/h1-7,10,16,18,20H,8-9,11-12H2. The molecule has 1 N–H and O–H groups in total. The van der Waals surface area contributed by atoms with Crippen molar-refractivity contribution in [2.75, 3.05) is 6.61 Å². The Hall–Kier alpha value is -1.16. The summed E-state index contributed by atoms with van der Waals surface area (Å²) in [6, 6.07) is 16.5. The molecule has 2 aromatic carbocycles. The van der Waals surface area contributed by atoms with Crippen molar-refractivity contribution in [3.8, 4) is 0 Å². The fraction of sp³-hybridized carbons (Fsp3) is 0.333. The van der Waals surface area contributed by atoms with Crippen molar-refractivity contribution in [1.82, 2.24) is 0 Å². The van der Waals surface area contributed by atoms with Crippen LogP contribution in [0.5, 0.6) is 0 Å². The molecule has 2 unspecified atom stereocenters. The molecule has 2 atom stereocenters. The van der Waals surface area contributed by atoms with Gasteiger partial charge in [-0.3, -0.25) is 0 Å². The van der Waals surface area contributed by atoms with Gasteiger partial charge in [0.25, 0.3) is 0 Å². The highest BCUT2D eigenvalue weighted by Crippen LogP contribution is 2.31. The van der Waals surface area contributed by atoms with Crippen LogP contribution in [0.15, 0.2) is 53.0 Å². The Bertz CT molecular complexity index is 612. The van der Waals surface area contributed by atoms with Crippen LogP contribution in [0.25, 0.3) is 0 Å². The lowest BCUT2D eigenvalue weighted by molar-refractivity contribution is 0.00456. The Morgan fingerprint density at radius 1 is 1.19 bits per heavy atom. The first-order valence-electron chi connectivity index (χ1n) is 7.34. The van der Waals surface area contributed by atoms with Crippen molar-refractivity contribution in [2.24, 2.45) is 0 Å². The first kappa shape index (κ1) is 14.8. The van der Waals surface area contributed by atoms with Crippen molar-refractivity contribution in [1.29, 1.82) is 0 Å². The minimum Gasteiger partial charge on any atom is -0.393 e. The molecule has 1 aliphatic heterocycles. The van der Waals surface area contributed by atoms with Crippen LogP contribution in [-0.4, -0.2) is 17.8 Å². The van der Waals surface area contributed by atoms with Crippen molar-refractivity contribution >= 4 is 15.9 Å². The lowest BCUT2D eigenvalue weighted by atomic mass is 9.93. The number of hydrogen-bond donors (Lipinski definition) is 1. The van der Waals surface area contributed by atoms with Crippen LogP contribution in [0.1, 0.15) is 29.2 Å². The van der Waals surface area contributed by atoms with E-state index in [-0.39, 0.29) is 6.10 Å². The van der Waals surface area contributed by atoms with Gasteiger partial charge in [-0.25, -0.2) is 0 Å². The molecule has 21 heavy (non-hydrogen) atoms. The topological polar surface area (TPSA) is 29.5 Å². The Labute approximate surface area is 133 Å². The van der Waals surface area contributed by atoms with Gasteiger partial charge in [-0.1, -0.05) is 52.3 Å². The molecular weight excluding hydrogens is 328 g/mol. The second kappa shape index (κ2) is 6.73. The van der Waals surface area contributed by atoms with Crippen LogP contribution >= 0.6 is 15.9 Å². The third kappa shape index (κ3) is 3.73. The van der Waals surface area contributed by atoms with Crippen molar-refractivity contribution in [3.63, 3.8) is 0 Å². The molecule has 3 heteroatoms. The van der Waals surface area contributed by atoms with E-state index in [1.165, 1.54) is 11.1 Å². The maximum atomic E-state index is 10.4. The quantitative estimate of drug-likeness (QED) is 0.904. The van der Waals surface area contributed by atoms with Crippen LogP contribution < -0.4 is 0 Å².